The molecule has 0 saturated carbocycles. The Bertz CT molecular complexity index is 91.6. The van der Waals surface area contributed by atoms with Gasteiger partial charge in [0.25, 0.3) is 0 Å². The first-order chi connectivity index (χ1) is 4.60. The average molecular weight is 147 g/mol. The van der Waals surface area contributed by atoms with E-state index >= 15 is 0 Å². The molecule has 2 atom stereocenters. The van der Waals surface area contributed by atoms with Gasteiger partial charge in [0.05, 0.1) is 18.2 Å². The molecule has 10 heavy (non-hydrogen) atoms. The van der Waals surface area contributed by atoms with Gasteiger partial charge in [-0.3, -0.25) is 0 Å². The molecule has 2 unspecified atom stereocenters. The molecule has 0 fully saturated rings. The van der Waals surface area contributed by atoms with Crippen LogP contribution in [0.4, 0.5) is 0 Å². The Morgan fingerprint density at radius 3 is 2.30 bits per heavy atom. The Labute approximate surface area is 62.2 Å². The smallest absolute Gasteiger partial charge is 0.0820 e. The van der Waals surface area contributed by atoms with E-state index in [1.165, 1.54) is 0 Å². The normalized spacial score (nSPS) is 20.1. The zero-order valence-corrected chi connectivity index (χ0v) is 6.92. The first-order valence-corrected chi connectivity index (χ1v) is 3.52. The van der Waals surface area contributed by atoms with Gasteiger partial charge < -0.3 is 15.6 Å². The largest absolute Gasteiger partial charge is 0.395 e. The van der Waals surface area contributed by atoms with Gasteiger partial charge in [0.15, 0.2) is 0 Å². The van der Waals surface area contributed by atoms with Crippen LogP contribution >= 0.6 is 0 Å². The fourth-order valence-corrected chi connectivity index (χ4v) is 0.751. The standard InChI is InChI=1S/C7H17NO2/c1-4-7(2,10-3)6(8)5-9/h6,9H,4-5,8H2,1-3H3. The highest BCUT2D eigenvalue weighted by atomic mass is 16.5. The van der Waals surface area contributed by atoms with E-state index in [0.717, 1.165) is 6.42 Å². The fraction of sp³-hybridized carbons (Fsp3) is 1.00. The number of rotatable bonds is 4. The second-order valence-electron chi connectivity index (χ2n) is 2.66. The van der Waals surface area contributed by atoms with Gasteiger partial charge in [-0.15, -0.1) is 0 Å². The van der Waals surface area contributed by atoms with Crippen molar-refractivity contribution in [3.63, 3.8) is 0 Å². The summed E-state index contributed by atoms with van der Waals surface area (Å²) in [6.07, 6.45) is 0.811. The number of ether oxygens (including phenoxy) is 1. The van der Waals surface area contributed by atoms with Crippen molar-refractivity contribution in [2.24, 2.45) is 5.73 Å². The summed E-state index contributed by atoms with van der Waals surface area (Å²) >= 11 is 0. The van der Waals surface area contributed by atoms with Crippen LogP contribution in [0.1, 0.15) is 20.3 Å². The summed E-state index contributed by atoms with van der Waals surface area (Å²) in [4.78, 5) is 0. The minimum absolute atomic E-state index is 0.0296. The van der Waals surface area contributed by atoms with Crippen LogP contribution in [0.3, 0.4) is 0 Å². The van der Waals surface area contributed by atoms with Crippen molar-refractivity contribution in [2.45, 2.75) is 31.9 Å². The molecule has 0 aliphatic rings. The van der Waals surface area contributed by atoms with E-state index < -0.39 is 0 Å². The number of methoxy groups -OCH3 is 1. The van der Waals surface area contributed by atoms with Gasteiger partial charge in [0.2, 0.25) is 0 Å². The quantitative estimate of drug-likeness (QED) is 0.594. The average Bonchev–Trinajstić information content (AvgIpc) is 2.01. The molecule has 0 aromatic rings. The molecule has 0 aromatic heterocycles. The van der Waals surface area contributed by atoms with Crippen molar-refractivity contribution < 1.29 is 9.84 Å². The molecular formula is C7H17NO2. The molecule has 0 radical (unpaired) electrons. The first-order valence-electron chi connectivity index (χ1n) is 3.52. The molecule has 0 amide bonds. The summed E-state index contributed by atoms with van der Waals surface area (Å²) in [6, 6.07) is -0.289. The Morgan fingerprint density at radius 1 is 1.70 bits per heavy atom. The van der Waals surface area contributed by atoms with Gasteiger partial charge in [-0.1, -0.05) is 6.92 Å². The van der Waals surface area contributed by atoms with E-state index in [-0.39, 0.29) is 18.2 Å². The number of nitrogens with two attached hydrogens (primary N) is 1. The number of aliphatic hydroxyl groups excluding tert-OH is 1. The Kier molecular flexibility index (Phi) is 3.86. The molecule has 62 valence electrons. The van der Waals surface area contributed by atoms with E-state index in [4.69, 9.17) is 15.6 Å². The van der Waals surface area contributed by atoms with Crippen molar-refractivity contribution in [2.75, 3.05) is 13.7 Å². The third kappa shape index (κ3) is 1.94. The van der Waals surface area contributed by atoms with E-state index in [1.54, 1.807) is 7.11 Å². The van der Waals surface area contributed by atoms with Crippen LogP contribution in [0.15, 0.2) is 0 Å². The van der Waals surface area contributed by atoms with Crippen molar-refractivity contribution in [3.05, 3.63) is 0 Å². The van der Waals surface area contributed by atoms with Crippen molar-refractivity contribution in [1.82, 2.24) is 0 Å². The third-order valence-electron chi connectivity index (χ3n) is 2.15. The van der Waals surface area contributed by atoms with Crippen LogP contribution in [0.25, 0.3) is 0 Å². The maximum atomic E-state index is 8.73. The molecule has 0 heterocycles. The van der Waals surface area contributed by atoms with Crippen LogP contribution in [-0.2, 0) is 4.74 Å². The van der Waals surface area contributed by atoms with E-state index in [0.29, 0.717) is 0 Å². The Morgan fingerprint density at radius 2 is 2.20 bits per heavy atom. The van der Waals surface area contributed by atoms with Gasteiger partial charge in [-0.25, -0.2) is 0 Å². The monoisotopic (exact) mass is 147 g/mol. The molecule has 3 nitrogen and oxygen atoms in total. The SMILES string of the molecule is CCC(C)(OC)C(N)CO. The first kappa shape index (κ1) is 9.88. The van der Waals surface area contributed by atoms with Crippen molar-refractivity contribution >= 4 is 0 Å². The molecule has 0 saturated heterocycles. The van der Waals surface area contributed by atoms with Crippen molar-refractivity contribution in [3.8, 4) is 0 Å². The highest BCUT2D eigenvalue weighted by Crippen LogP contribution is 2.16. The van der Waals surface area contributed by atoms with Crippen LogP contribution in [0.5, 0.6) is 0 Å². The highest BCUT2D eigenvalue weighted by Gasteiger charge is 2.28. The summed E-state index contributed by atoms with van der Waals surface area (Å²) in [5.74, 6) is 0. The summed E-state index contributed by atoms with van der Waals surface area (Å²) < 4.78 is 5.15. The molecule has 0 aromatic carbocycles. The second kappa shape index (κ2) is 3.91. The van der Waals surface area contributed by atoms with Crippen molar-refractivity contribution in [1.29, 1.82) is 0 Å². The summed E-state index contributed by atoms with van der Waals surface area (Å²) in [6.45, 7) is 3.85. The minimum atomic E-state index is -0.380. The van der Waals surface area contributed by atoms with Gasteiger partial charge in [-0.05, 0) is 13.3 Å². The van der Waals surface area contributed by atoms with E-state index in [1.807, 2.05) is 13.8 Å². The highest BCUT2D eigenvalue weighted by molar-refractivity contribution is 4.84. The molecule has 0 spiro atoms. The number of hydrogen-bond acceptors (Lipinski definition) is 3. The lowest BCUT2D eigenvalue weighted by molar-refractivity contribution is -0.0317. The van der Waals surface area contributed by atoms with Gasteiger partial charge in [-0.2, -0.15) is 0 Å². The zero-order chi connectivity index (χ0) is 8.20. The molecule has 0 aliphatic heterocycles. The molecule has 0 aliphatic carbocycles. The molecule has 3 N–H and O–H groups in total. The van der Waals surface area contributed by atoms with Crippen LogP contribution in [-0.4, -0.2) is 30.5 Å². The number of hydrogen-bond donors (Lipinski definition) is 2. The molecule has 0 bridgehead atoms. The predicted molar refractivity (Wildman–Crippen MR) is 40.8 cm³/mol. The summed E-state index contributed by atoms with van der Waals surface area (Å²) in [5.41, 5.74) is 5.22. The van der Waals surface area contributed by atoms with Gasteiger partial charge in [0, 0.05) is 7.11 Å². The van der Waals surface area contributed by atoms with E-state index in [2.05, 4.69) is 0 Å². The second-order valence-corrected chi connectivity index (χ2v) is 2.66. The topological polar surface area (TPSA) is 55.5 Å². The fourth-order valence-electron chi connectivity index (χ4n) is 0.751. The predicted octanol–water partition coefficient (Wildman–Crippen LogP) is 0.121. The molecule has 0 rings (SSSR count). The van der Waals surface area contributed by atoms with Gasteiger partial charge >= 0.3 is 0 Å². The summed E-state index contributed by atoms with van der Waals surface area (Å²) in [7, 11) is 1.61. The molecular weight excluding hydrogens is 130 g/mol. The maximum absolute atomic E-state index is 8.73. The molecule has 3 heteroatoms. The lowest BCUT2D eigenvalue weighted by Crippen LogP contribution is -2.48. The number of aliphatic hydroxyl groups is 1. The van der Waals surface area contributed by atoms with E-state index in [9.17, 15) is 0 Å². The minimum Gasteiger partial charge on any atom is -0.395 e. The third-order valence-corrected chi connectivity index (χ3v) is 2.15. The Balaban J connectivity index is 4.02. The van der Waals surface area contributed by atoms with Crippen LogP contribution in [0.2, 0.25) is 0 Å². The van der Waals surface area contributed by atoms with Crippen LogP contribution in [0, 0.1) is 0 Å². The van der Waals surface area contributed by atoms with Crippen LogP contribution < -0.4 is 5.73 Å². The summed E-state index contributed by atoms with van der Waals surface area (Å²) in [5, 5.41) is 8.73. The lowest BCUT2D eigenvalue weighted by atomic mass is 9.95. The maximum Gasteiger partial charge on any atom is 0.0820 e. The lowest BCUT2D eigenvalue weighted by Gasteiger charge is -2.31. The van der Waals surface area contributed by atoms with Gasteiger partial charge in [0.1, 0.15) is 0 Å². The zero-order valence-electron chi connectivity index (χ0n) is 6.92. The Hall–Kier alpha value is -0.120.